The molecule has 0 aromatic carbocycles. The highest BCUT2D eigenvalue weighted by Crippen LogP contribution is 2.23. The Morgan fingerprint density at radius 1 is 1.10 bits per heavy atom. The standard InChI is InChI=1S/C16H16N10O4S/c27-10(8-24-16(30)26(22-21-24)11-2-1-7-31-11)23-5-3-9(4-6-23)25-13-12(17-20-25)14(28)18-19-15(13)29/h1-2,7,9H,3-6,8H2,(H,18,28)(H,19,29). The minimum Gasteiger partial charge on any atom is -0.341 e. The summed E-state index contributed by atoms with van der Waals surface area (Å²) in [5, 5.41) is 22.3. The summed E-state index contributed by atoms with van der Waals surface area (Å²) in [4.78, 5) is 50.7. The van der Waals surface area contributed by atoms with Gasteiger partial charge in [-0.2, -0.15) is 9.36 Å². The van der Waals surface area contributed by atoms with Crippen molar-refractivity contribution in [2.75, 3.05) is 13.1 Å². The largest absolute Gasteiger partial charge is 0.369 e. The maximum absolute atomic E-state index is 12.7. The number of tetrazole rings is 1. The predicted octanol–water partition coefficient (Wildman–Crippen LogP) is -1.52. The Balaban J connectivity index is 1.28. The van der Waals surface area contributed by atoms with Crippen LogP contribution in [0.1, 0.15) is 18.9 Å². The fourth-order valence-corrected chi connectivity index (χ4v) is 4.30. The van der Waals surface area contributed by atoms with E-state index in [-0.39, 0.29) is 29.5 Å². The molecule has 0 aliphatic carbocycles. The van der Waals surface area contributed by atoms with Gasteiger partial charge in [0.1, 0.15) is 11.5 Å². The number of thiophene rings is 1. The van der Waals surface area contributed by atoms with Crippen molar-refractivity contribution in [3.05, 3.63) is 48.7 Å². The van der Waals surface area contributed by atoms with Gasteiger partial charge in [0.2, 0.25) is 5.91 Å². The fourth-order valence-electron chi connectivity index (χ4n) is 3.64. The van der Waals surface area contributed by atoms with Gasteiger partial charge in [0, 0.05) is 13.1 Å². The van der Waals surface area contributed by atoms with Gasteiger partial charge in [-0.3, -0.25) is 24.6 Å². The first-order valence-corrected chi connectivity index (χ1v) is 10.3. The smallest absolute Gasteiger partial charge is 0.341 e. The maximum Gasteiger partial charge on any atom is 0.369 e. The van der Waals surface area contributed by atoms with E-state index in [0.29, 0.717) is 30.9 Å². The molecule has 4 aromatic heterocycles. The highest BCUT2D eigenvalue weighted by Gasteiger charge is 2.27. The first-order valence-electron chi connectivity index (χ1n) is 9.43. The number of H-pyrrole nitrogens is 2. The number of amides is 1. The van der Waals surface area contributed by atoms with E-state index in [1.807, 2.05) is 5.38 Å². The van der Waals surface area contributed by atoms with Crippen LogP contribution in [0.5, 0.6) is 0 Å². The lowest BCUT2D eigenvalue weighted by atomic mass is 10.0. The molecule has 1 saturated heterocycles. The molecule has 0 spiro atoms. The maximum atomic E-state index is 12.7. The third-order valence-corrected chi connectivity index (χ3v) is 6.06. The second-order valence-electron chi connectivity index (χ2n) is 7.03. The Bertz CT molecular complexity index is 1420. The number of hydrogen-bond donors (Lipinski definition) is 2. The fraction of sp³-hybridized carbons (Fsp3) is 0.375. The number of piperidine rings is 1. The molecule has 0 radical (unpaired) electrons. The number of nitrogens with one attached hydrogen (secondary N) is 2. The van der Waals surface area contributed by atoms with Crippen molar-refractivity contribution >= 4 is 28.3 Å². The van der Waals surface area contributed by atoms with Gasteiger partial charge in [-0.15, -0.1) is 16.4 Å². The van der Waals surface area contributed by atoms with E-state index >= 15 is 0 Å². The Hall–Kier alpha value is -3.88. The SMILES string of the molecule is O=C(Cn1nnn(-c2cccs2)c1=O)N1CCC(n2nnc3c(=O)[nH][nH]c(=O)c32)CC1. The first-order chi connectivity index (χ1) is 15.0. The van der Waals surface area contributed by atoms with Crippen LogP contribution in [0.2, 0.25) is 0 Å². The van der Waals surface area contributed by atoms with Crippen LogP contribution >= 0.6 is 11.3 Å². The van der Waals surface area contributed by atoms with Crippen LogP contribution in [0.3, 0.4) is 0 Å². The number of likely N-dealkylation sites (tertiary alicyclic amines) is 1. The lowest BCUT2D eigenvalue weighted by Crippen LogP contribution is -2.42. The first kappa shape index (κ1) is 19.1. The summed E-state index contributed by atoms with van der Waals surface area (Å²) in [6.07, 6.45) is 1.04. The molecule has 4 aromatic rings. The number of aromatic amines is 2. The lowest BCUT2D eigenvalue weighted by molar-refractivity contribution is -0.133. The number of fused-ring (bicyclic) bond motifs is 1. The van der Waals surface area contributed by atoms with Crippen LogP contribution in [-0.2, 0) is 11.3 Å². The van der Waals surface area contributed by atoms with Gasteiger partial charge in [0.15, 0.2) is 11.0 Å². The zero-order chi connectivity index (χ0) is 21.5. The second kappa shape index (κ2) is 7.42. The number of carbonyl (C=O) groups excluding carboxylic acids is 1. The lowest BCUT2D eigenvalue weighted by Gasteiger charge is -2.31. The molecule has 0 saturated carbocycles. The number of hydrogen-bond acceptors (Lipinski definition) is 9. The zero-order valence-corrected chi connectivity index (χ0v) is 16.8. The van der Waals surface area contributed by atoms with Crippen LogP contribution in [0.15, 0.2) is 31.9 Å². The monoisotopic (exact) mass is 444 g/mol. The van der Waals surface area contributed by atoms with E-state index in [1.165, 1.54) is 16.0 Å². The summed E-state index contributed by atoms with van der Waals surface area (Å²) >= 11 is 1.34. The third-order valence-electron chi connectivity index (χ3n) is 5.22. The molecule has 0 unspecified atom stereocenters. The molecule has 5 heterocycles. The zero-order valence-electron chi connectivity index (χ0n) is 16.0. The molecule has 14 nitrogen and oxygen atoms in total. The van der Waals surface area contributed by atoms with Crippen LogP contribution in [-0.4, -0.2) is 68.9 Å². The van der Waals surface area contributed by atoms with Crippen molar-refractivity contribution in [2.45, 2.75) is 25.4 Å². The Morgan fingerprint density at radius 2 is 1.87 bits per heavy atom. The third kappa shape index (κ3) is 3.27. The van der Waals surface area contributed by atoms with Gasteiger partial charge in [0.05, 0.1) is 6.04 Å². The Labute approximate surface area is 175 Å². The minimum absolute atomic E-state index is 0.0181. The summed E-state index contributed by atoms with van der Waals surface area (Å²) < 4.78 is 3.63. The highest BCUT2D eigenvalue weighted by atomic mass is 32.1. The Kier molecular flexibility index (Phi) is 4.58. The molecule has 160 valence electrons. The van der Waals surface area contributed by atoms with E-state index in [2.05, 4.69) is 30.9 Å². The molecule has 15 heteroatoms. The quantitative estimate of drug-likeness (QED) is 0.382. The van der Waals surface area contributed by atoms with Crippen molar-refractivity contribution in [2.24, 2.45) is 0 Å². The highest BCUT2D eigenvalue weighted by molar-refractivity contribution is 7.12. The van der Waals surface area contributed by atoms with Gasteiger partial charge in [0.25, 0.3) is 11.1 Å². The molecule has 2 N–H and O–H groups in total. The molecule has 1 amide bonds. The summed E-state index contributed by atoms with van der Waals surface area (Å²) in [5.74, 6) is -0.253. The molecular weight excluding hydrogens is 428 g/mol. The van der Waals surface area contributed by atoms with Gasteiger partial charge in [-0.1, -0.05) is 5.21 Å². The van der Waals surface area contributed by atoms with Crippen molar-refractivity contribution in [3.8, 4) is 5.00 Å². The van der Waals surface area contributed by atoms with Crippen molar-refractivity contribution in [1.29, 1.82) is 0 Å². The molecule has 5 rings (SSSR count). The summed E-state index contributed by atoms with van der Waals surface area (Å²) in [6.45, 7) is 0.593. The van der Waals surface area contributed by atoms with Gasteiger partial charge in [-0.05, 0) is 40.8 Å². The molecular formula is C16H16N10O4S. The van der Waals surface area contributed by atoms with Gasteiger partial charge in [-0.25, -0.2) is 9.48 Å². The van der Waals surface area contributed by atoms with Crippen LogP contribution in [0.25, 0.3) is 16.0 Å². The number of aromatic nitrogens is 9. The van der Waals surface area contributed by atoms with E-state index in [1.54, 1.807) is 17.0 Å². The summed E-state index contributed by atoms with van der Waals surface area (Å²) in [5.41, 5.74) is -1.38. The van der Waals surface area contributed by atoms with Gasteiger partial charge >= 0.3 is 5.69 Å². The normalized spacial score (nSPS) is 15.0. The Morgan fingerprint density at radius 3 is 2.61 bits per heavy atom. The summed E-state index contributed by atoms with van der Waals surface area (Å²) in [7, 11) is 0. The van der Waals surface area contributed by atoms with Crippen LogP contribution in [0, 0.1) is 0 Å². The topological polar surface area (TPSA) is 169 Å². The number of nitrogens with zero attached hydrogens (tertiary/aromatic N) is 8. The number of carbonyl (C=O) groups is 1. The average molecular weight is 444 g/mol. The van der Waals surface area contributed by atoms with Crippen molar-refractivity contribution in [1.82, 2.24) is 49.9 Å². The van der Waals surface area contributed by atoms with E-state index < -0.39 is 16.8 Å². The van der Waals surface area contributed by atoms with E-state index in [0.717, 1.165) is 9.36 Å². The molecule has 1 aliphatic heterocycles. The average Bonchev–Trinajstić information content (AvgIpc) is 3.52. The van der Waals surface area contributed by atoms with Crippen LogP contribution < -0.4 is 16.8 Å². The molecule has 31 heavy (non-hydrogen) atoms. The number of rotatable bonds is 4. The molecule has 1 aliphatic rings. The predicted molar refractivity (Wildman–Crippen MR) is 107 cm³/mol. The van der Waals surface area contributed by atoms with E-state index in [9.17, 15) is 19.2 Å². The van der Waals surface area contributed by atoms with Crippen molar-refractivity contribution < 1.29 is 4.79 Å². The molecule has 0 atom stereocenters. The molecule has 0 bridgehead atoms. The van der Waals surface area contributed by atoms with Crippen LogP contribution in [0.4, 0.5) is 0 Å². The second-order valence-corrected chi connectivity index (χ2v) is 7.96. The summed E-state index contributed by atoms with van der Waals surface area (Å²) in [6, 6.07) is 3.35. The van der Waals surface area contributed by atoms with Crippen molar-refractivity contribution in [3.63, 3.8) is 0 Å². The minimum atomic E-state index is -0.519. The van der Waals surface area contributed by atoms with E-state index in [4.69, 9.17) is 0 Å². The van der Waals surface area contributed by atoms with Gasteiger partial charge < -0.3 is 4.90 Å². The molecule has 1 fully saturated rings.